The predicted octanol–water partition coefficient (Wildman–Crippen LogP) is 2.35. The molecule has 3 aromatic rings. The highest BCUT2D eigenvalue weighted by atomic mass is 16.5. The number of rotatable bonds is 3. The van der Waals surface area contributed by atoms with E-state index in [2.05, 4.69) is 28.1 Å². The second-order valence-corrected chi connectivity index (χ2v) is 7.66. The van der Waals surface area contributed by atoms with Gasteiger partial charge >= 0.3 is 0 Å². The van der Waals surface area contributed by atoms with Crippen LogP contribution in [0.15, 0.2) is 30.6 Å². The van der Waals surface area contributed by atoms with Crippen LogP contribution in [0.5, 0.6) is 0 Å². The molecule has 0 saturated carbocycles. The van der Waals surface area contributed by atoms with Crippen molar-refractivity contribution in [1.82, 2.24) is 19.7 Å². The SMILES string of the molecule is CC1CCN(c2cc(N3CCOCC3C)nc3c2ccn3-c2ccn[nH]2)C1=O. The Labute approximate surface area is 163 Å². The van der Waals surface area contributed by atoms with Crippen LogP contribution in [0.2, 0.25) is 0 Å². The summed E-state index contributed by atoms with van der Waals surface area (Å²) < 4.78 is 7.59. The van der Waals surface area contributed by atoms with Crippen molar-refractivity contribution in [2.45, 2.75) is 26.3 Å². The molecule has 2 saturated heterocycles. The molecule has 0 bridgehead atoms. The highest BCUT2D eigenvalue weighted by Gasteiger charge is 2.32. The summed E-state index contributed by atoms with van der Waals surface area (Å²) in [5, 5.41) is 8.04. The number of H-pyrrole nitrogens is 1. The Hall–Kier alpha value is -2.87. The fourth-order valence-electron chi connectivity index (χ4n) is 4.16. The highest BCUT2D eigenvalue weighted by Crippen LogP contribution is 2.36. The van der Waals surface area contributed by atoms with Gasteiger partial charge in [-0.3, -0.25) is 14.5 Å². The van der Waals surface area contributed by atoms with Crippen LogP contribution >= 0.6 is 0 Å². The summed E-state index contributed by atoms with van der Waals surface area (Å²) in [5.74, 6) is 1.97. The molecule has 2 aliphatic heterocycles. The molecule has 8 heteroatoms. The van der Waals surface area contributed by atoms with Gasteiger partial charge in [-0.05, 0) is 19.4 Å². The minimum atomic E-state index is 0.0590. The maximum Gasteiger partial charge on any atom is 0.229 e. The molecule has 28 heavy (non-hydrogen) atoms. The van der Waals surface area contributed by atoms with Crippen LogP contribution in [0.1, 0.15) is 20.3 Å². The molecule has 2 fully saturated rings. The van der Waals surface area contributed by atoms with Crippen LogP contribution < -0.4 is 9.80 Å². The molecule has 2 unspecified atom stereocenters. The molecular weight excluding hydrogens is 356 g/mol. The molecule has 3 aromatic heterocycles. The number of hydrogen-bond acceptors (Lipinski definition) is 5. The summed E-state index contributed by atoms with van der Waals surface area (Å²) in [7, 11) is 0. The quantitative estimate of drug-likeness (QED) is 0.755. The first-order valence-electron chi connectivity index (χ1n) is 9.81. The van der Waals surface area contributed by atoms with Crippen molar-refractivity contribution < 1.29 is 9.53 Å². The number of carbonyl (C=O) groups excluding carboxylic acids is 1. The zero-order valence-electron chi connectivity index (χ0n) is 16.1. The Morgan fingerprint density at radius 3 is 2.86 bits per heavy atom. The number of amides is 1. The van der Waals surface area contributed by atoms with Gasteiger partial charge in [0.05, 0.1) is 31.1 Å². The number of aromatic nitrogens is 4. The third-order valence-corrected chi connectivity index (χ3v) is 5.79. The van der Waals surface area contributed by atoms with Gasteiger partial charge in [0.2, 0.25) is 5.91 Å². The van der Waals surface area contributed by atoms with Gasteiger partial charge < -0.3 is 14.5 Å². The number of ether oxygens (including phenoxy) is 1. The van der Waals surface area contributed by atoms with E-state index in [0.717, 1.165) is 47.9 Å². The normalized spacial score (nSPS) is 23.1. The summed E-state index contributed by atoms with van der Waals surface area (Å²) in [6, 6.07) is 6.24. The van der Waals surface area contributed by atoms with E-state index in [4.69, 9.17) is 9.72 Å². The first kappa shape index (κ1) is 17.2. The van der Waals surface area contributed by atoms with Gasteiger partial charge in [0, 0.05) is 42.7 Å². The van der Waals surface area contributed by atoms with Gasteiger partial charge in [0.25, 0.3) is 0 Å². The molecule has 1 amide bonds. The lowest BCUT2D eigenvalue weighted by Crippen LogP contribution is -2.44. The van der Waals surface area contributed by atoms with Gasteiger partial charge in [-0.1, -0.05) is 6.92 Å². The highest BCUT2D eigenvalue weighted by molar-refractivity contribution is 6.05. The average molecular weight is 380 g/mol. The van der Waals surface area contributed by atoms with Crippen molar-refractivity contribution in [1.29, 1.82) is 0 Å². The first-order valence-corrected chi connectivity index (χ1v) is 9.81. The van der Waals surface area contributed by atoms with E-state index in [9.17, 15) is 4.79 Å². The molecule has 0 aliphatic carbocycles. The summed E-state index contributed by atoms with van der Waals surface area (Å²) in [4.78, 5) is 22.0. The van der Waals surface area contributed by atoms with Crippen LogP contribution in [-0.4, -0.2) is 58.0 Å². The second kappa shape index (κ2) is 6.63. The van der Waals surface area contributed by atoms with Crippen molar-refractivity contribution in [2.75, 3.05) is 36.1 Å². The van der Waals surface area contributed by atoms with Gasteiger partial charge in [0.1, 0.15) is 17.3 Å². The third kappa shape index (κ3) is 2.67. The molecule has 5 heterocycles. The predicted molar refractivity (Wildman–Crippen MR) is 107 cm³/mol. The number of aromatic amines is 1. The Morgan fingerprint density at radius 2 is 2.14 bits per heavy atom. The average Bonchev–Trinajstić information content (AvgIpc) is 3.43. The fourth-order valence-corrected chi connectivity index (χ4v) is 4.16. The number of hydrogen-bond donors (Lipinski definition) is 1. The first-order chi connectivity index (χ1) is 13.6. The van der Waals surface area contributed by atoms with E-state index in [1.54, 1.807) is 6.20 Å². The number of fused-ring (bicyclic) bond motifs is 1. The zero-order valence-corrected chi connectivity index (χ0v) is 16.1. The monoisotopic (exact) mass is 380 g/mol. The largest absolute Gasteiger partial charge is 0.377 e. The van der Waals surface area contributed by atoms with Crippen LogP contribution in [0.25, 0.3) is 16.9 Å². The van der Waals surface area contributed by atoms with Gasteiger partial charge in [-0.2, -0.15) is 5.10 Å². The van der Waals surface area contributed by atoms with Gasteiger partial charge in [-0.25, -0.2) is 4.98 Å². The lowest BCUT2D eigenvalue weighted by molar-refractivity contribution is -0.119. The lowest BCUT2D eigenvalue weighted by atomic mass is 10.1. The topological polar surface area (TPSA) is 79.3 Å². The van der Waals surface area contributed by atoms with E-state index in [1.165, 1.54) is 0 Å². The van der Waals surface area contributed by atoms with Crippen LogP contribution in [0.4, 0.5) is 11.5 Å². The number of nitrogens with one attached hydrogen (secondary N) is 1. The molecule has 0 aromatic carbocycles. The molecule has 0 radical (unpaired) electrons. The molecule has 8 nitrogen and oxygen atoms in total. The molecule has 5 rings (SSSR count). The summed E-state index contributed by atoms with van der Waals surface area (Å²) >= 11 is 0. The zero-order chi connectivity index (χ0) is 19.3. The van der Waals surface area contributed by atoms with Crippen molar-refractivity contribution in [3.05, 3.63) is 30.6 Å². The maximum absolute atomic E-state index is 12.8. The van der Waals surface area contributed by atoms with E-state index in [0.29, 0.717) is 13.2 Å². The van der Waals surface area contributed by atoms with Gasteiger partial charge in [0.15, 0.2) is 0 Å². The fraction of sp³-hybridized carbons (Fsp3) is 0.450. The van der Waals surface area contributed by atoms with Crippen molar-refractivity contribution >= 4 is 28.4 Å². The minimum Gasteiger partial charge on any atom is -0.377 e. The molecule has 146 valence electrons. The maximum atomic E-state index is 12.8. The second-order valence-electron chi connectivity index (χ2n) is 7.66. The van der Waals surface area contributed by atoms with E-state index < -0.39 is 0 Å². The van der Waals surface area contributed by atoms with E-state index >= 15 is 0 Å². The Kier molecular flexibility index (Phi) is 4.08. The minimum absolute atomic E-state index is 0.0590. The smallest absolute Gasteiger partial charge is 0.229 e. The number of pyridine rings is 1. The summed E-state index contributed by atoms with van der Waals surface area (Å²) in [6.45, 7) is 7.03. The molecule has 2 atom stereocenters. The van der Waals surface area contributed by atoms with Crippen molar-refractivity contribution in [3.63, 3.8) is 0 Å². The molecule has 0 spiro atoms. The Bertz CT molecular complexity index is 1010. The molecular formula is C20H24N6O2. The number of anilines is 2. The summed E-state index contributed by atoms with van der Waals surface area (Å²) in [6.07, 6.45) is 4.58. The van der Waals surface area contributed by atoms with Crippen molar-refractivity contribution in [2.24, 2.45) is 5.92 Å². The Balaban J connectivity index is 1.70. The third-order valence-electron chi connectivity index (χ3n) is 5.79. The molecule has 1 N–H and O–H groups in total. The molecule has 2 aliphatic rings. The number of carbonyl (C=O) groups is 1. The van der Waals surface area contributed by atoms with Crippen LogP contribution in [-0.2, 0) is 9.53 Å². The number of nitrogens with zero attached hydrogens (tertiary/aromatic N) is 5. The van der Waals surface area contributed by atoms with Crippen LogP contribution in [0, 0.1) is 5.92 Å². The van der Waals surface area contributed by atoms with Crippen LogP contribution in [0.3, 0.4) is 0 Å². The van der Waals surface area contributed by atoms with E-state index in [1.807, 2.05) is 34.7 Å². The number of morpholine rings is 1. The van der Waals surface area contributed by atoms with Gasteiger partial charge in [-0.15, -0.1) is 0 Å². The van der Waals surface area contributed by atoms with E-state index in [-0.39, 0.29) is 17.9 Å². The Morgan fingerprint density at radius 1 is 1.25 bits per heavy atom. The van der Waals surface area contributed by atoms with Crippen molar-refractivity contribution in [3.8, 4) is 5.82 Å². The summed E-state index contributed by atoms with van der Waals surface area (Å²) in [5.41, 5.74) is 1.76. The lowest BCUT2D eigenvalue weighted by Gasteiger charge is -2.35. The standard InChI is InChI=1S/C20H24N6O2/c1-13-4-7-25(20(13)27)16-11-18(24-9-10-28-12-14(24)2)22-19-15(16)5-8-26(19)17-3-6-21-23-17/h3,5-6,8,11,13-14H,4,7,9-10,12H2,1-2H3,(H,21,23).